The van der Waals surface area contributed by atoms with Crippen molar-refractivity contribution in [3.05, 3.63) is 53.3 Å². The van der Waals surface area contributed by atoms with E-state index in [1.807, 2.05) is 37.3 Å². The minimum atomic E-state index is -3.61. The van der Waals surface area contributed by atoms with Crippen LogP contribution in [0.2, 0.25) is 5.02 Å². The summed E-state index contributed by atoms with van der Waals surface area (Å²) < 4.78 is 29.9. The molecule has 0 bridgehead atoms. The predicted molar refractivity (Wildman–Crippen MR) is 136 cm³/mol. The number of hydrogen-bond donors (Lipinski definition) is 2. The van der Waals surface area contributed by atoms with Crippen molar-refractivity contribution in [1.29, 1.82) is 0 Å². The van der Waals surface area contributed by atoms with Gasteiger partial charge in [-0.25, -0.2) is 18.1 Å². The number of aryl methyl sites for hydroxylation is 1. The number of aromatic nitrogens is 3. The van der Waals surface area contributed by atoms with E-state index in [9.17, 15) is 8.42 Å². The molecule has 4 rings (SSSR count). The number of sulfonamides is 1. The molecule has 1 fully saturated rings. The number of rotatable bonds is 7. The normalized spacial score (nSPS) is 15.6. The van der Waals surface area contributed by atoms with Gasteiger partial charge in [-0.05, 0) is 50.2 Å². The van der Waals surface area contributed by atoms with Crippen LogP contribution in [-0.4, -0.2) is 66.8 Å². The smallest absolute Gasteiger partial charge is 0.243 e. The summed E-state index contributed by atoms with van der Waals surface area (Å²) in [5, 5.41) is 4.74. The van der Waals surface area contributed by atoms with E-state index in [2.05, 4.69) is 36.4 Å². The molecule has 0 saturated carbocycles. The van der Waals surface area contributed by atoms with Gasteiger partial charge in [0.05, 0.1) is 11.8 Å². The Morgan fingerprint density at radius 3 is 2.59 bits per heavy atom. The molecule has 34 heavy (non-hydrogen) atoms. The highest BCUT2D eigenvalue weighted by molar-refractivity contribution is 7.89. The zero-order chi connectivity index (χ0) is 24.3. The third-order valence-electron chi connectivity index (χ3n) is 5.92. The molecule has 180 valence electrons. The molecule has 11 heteroatoms. The fraction of sp³-hybridized carbons (Fsp3) is 0.348. The van der Waals surface area contributed by atoms with E-state index in [0.29, 0.717) is 43.3 Å². The van der Waals surface area contributed by atoms with Gasteiger partial charge >= 0.3 is 0 Å². The standard InChI is InChI=1S/C23H28ClN7O2S/c1-4-31-15-19(14-27-31)34(32,33)29-18-9-11-30(12-10-18)23(26-3)20-13-21(28-22(20)25-2)16-5-7-17(24)8-6-16/h5-8,13-15,18,28-29H,2,4,9-12H2,1,3H3. The first-order chi connectivity index (χ1) is 16.3. The average molecular weight is 502 g/mol. The first kappa shape index (κ1) is 24.2. The van der Waals surface area contributed by atoms with E-state index in [0.717, 1.165) is 22.7 Å². The van der Waals surface area contributed by atoms with Crippen LogP contribution in [0.1, 0.15) is 25.3 Å². The number of aliphatic imine (C=N–C) groups is 2. The summed E-state index contributed by atoms with van der Waals surface area (Å²) in [7, 11) is -1.86. The summed E-state index contributed by atoms with van der Waals surface area (Å²) in [6.07, 6.45) is 4.25. The van der Waals surface area contributed by atoms with Crippen LogP contribution in [0.15, 0.2) is 57.6 Å². The highest BCUT2D eigenvalue weighted by atomic mass is 35.5. The predicted octanol–water partition coefficient (Wildman–Crippen LogP) is 3.70. The van der Waals surface area contributed by atoms with E-state index in [1.54, 1.807) is 17.9 Å². The SMILES string of the molecule is C=Nc1[nH]c(-c2ccc(Cl)cc2)cc1C(=NC)N1CCC(NS(=O)(=O)c2cnn(CC)c2)CC1. The first-order valence-electron chi connectivity index (χ1n) is 11.1. The third-order valence-corrected chi connectivity index (χ3v) is 7.65. The van der Waals surface area contributed by atoms with E-state index in [1.165, 1.54) is 6.20 Å². The van der Waals surface area contributed by atoms with Gasteiger partial charge in [0.15, 0.2) is 0 Å². The summed E-state index contributed by atoms with van der Waals surface area (Å²) in [5.74, 6) is 1.44. The molecule has 1 aliphatic rings. The molecule has 1 aromatic carbocycles. The minimum Gasteiger partial charge on any atom is -0.356 e. The molecule has 0 aliphatic carbocycles. The highest BCUT2D eigenvalue weighted by Gasteiger charge is 2.28. The number of benzene rings is 1. The Hall–Kier alpha value is -2.95. The number of amidine groups is 1. The number of piperidine rings is 1. The van der Waals surface area contributed by atoms with Gasteiger partial charge in [0, 0.05) is 49.6 Å². The number of halogens is 1. The number of hydrogen-bond acceptors (Lipinski definition) is 5. The monoisotopic (exact) mass is 501 g/mol. The van der Waals surface area contributed by atoms with Crippen LogP contribution >= 0.6 is 11.6 Å². The molecule has 3 heterocycles. The van der Waals surface area contributed by atoms with Gasteiger partial charge in [0.2, 0.25) is 10.0 Å². The Morgan fingerprint density at radius 1 is 1.29 bits per heavy atom. The molecule has 2 N–H and O–H groups in total. The van der Waals surface area contributed by atoms with E-state index in [4.69, 9.17) is 11.6 Å². The number of H-pyrrole nitrogens is 1. The van der Waals surface area contributed by atoms with Gasteiger partial charge in [-0.2, -0.15) is 5.10 Å². The van der Waals surface area contributed by atoms with Crippen LogP contribution < -0.4 is 4.72 Å². The van der Waals surface area contributed by atoms with E-state index in [-0.39, 0.29) is 10.9 Å². The van der Waals surface area contributed by atoms with Crippen LogP contribution in [0.5, 0.6) is 0 Å². The van der Waals surface area contributed by atoms with Gasteiger partial charge in [0.25, 0.3) is 0 Å². The summed E-state index contributed by atoms with van der Waals surface area (Å²) in [6.45, 7) is 7.55. The lowest BCUT2D eigenvalue weighted by Crippen LogP contribution is -2.46. The Balaban J connectivity index is 1.46. The molecule has 9 nitrogen and oxygen atoms in total. The van der Waals surface area contributed by atoms with Crippen molar-refractivity contribution >= 4 is 40.0 Å². The molecule has 1 aliphatic heterocycles. The lowest BCUT2D eigenvalue weighted by Gasteiger charge is -2.34. The Bertz CT molecular complexity index is 1290. The summed E-state index contributed by atoms with van der Waals surface area (Å²) in [4.78, 5) is 14.4. The van der Waals surface area contributed by atoms with Crippen molar-refractivity contribution in [3.8, 4) is 11.3 Å². The van der Waals surface area contributed by atoms with Gasteiger partial charge in [-0.3, -0.25) is 9.67 Å². The average Bonchev–Trinajstić information content (AvgIpc) is 3.49. The van der Waals surface area contributed by atoms with Crippen molar-refractivity contribution in [2.24, 2.45) is 9.98 Å². The van der Waals surface area contributed by atoms with Crippen LogP contribution in [0, 0.1) is 0 Å². The van der Waals surface area contributed by atoms with E-state index >= 15 is 0 Å². The number of likely N-dealkylation sites (tertiary alicyclic amines) is 1. The Kier molecular flexibility index (Phi) is 7.20. The third kappa shape index (κ3) is 5.08. The molecular weight excluding hydrogens is 474 g/mol. The zero-order valence-corrected chi connectivity index (χ0v) is 20.8. The Labute approximate surface area is 204 Å². The molecule has 0 amide bonds. The summed E-state index contributed by atoms with van der Waals surface area (Å²) in [6, 6.07) is 9.41. The van der Waals surface area contributed by atoms with Gasteiger partial charge in [-0.15, -0.1) is 0 Å². The molecule has 0 radical (unpaired) electrons. The second-order valence-electron chi connectivity index (χ2n) is 8.07. The molecule has 3 aromatic rings. The molecule has 0 spiro atoms. The molecule has 0 unspecified atom stereocenters. The second-order valence-corrected chi connectivity index (χ2v) is 10.2. The molecule has 0 atom stereocenters. The maximum absolute atomic E-state index is 12.7. The van der Waals surface area contributed by atoms with Gasteiger partial charge < -0.3 is 9.88 Å². The first-order valence-corrected chi connectivity index (χ1v) is 12.9. The summed E-state index contributed by atoms with van der Waals surface area (Å²) >= 11 is 6.02. The van der Waals surface area contributed by atoms with Crippen LogP contribution in [0.4, 0.5) is 5.82 Å². The van der Waals surface area contributed by atoms with Gasteiger partial charge in [-0.1, -0.05) is 23.7 Å². The Morgan fingerprint density at radius 2 is 2.00 bits per heavy atom. The largest absolute Gasteiger partial charge is 0.356 e. The lowest BCUT2D eigenvalue weighted by molar-refractivity contribution is 0.302. The van der Waals surface area contributed by atoms with Crippen molar-refractivity contribution in [3.63, 3.8) is 0 Å². The second kappa shape index (κ2) is 10.1. The van der Waals surface area contributed by atoms with Crippen molar-refractivity contribution in [1.82, 2.24) is 24.4 Å². The number of aromatic amines is 1. The van der Waals surface area contributed by atoms with Crippen molar-refractivity contribution < 1.29 is 8.42 Å². The van der Waals surface area contributed by atoms with E-state index < -0.39 is 10.0 Å². The van der Waals surface area contributed by atoms with Crippen molar-refractivity contribution in [2.45, 2.75) is 37.2 Å². The number of nitrogens with one attached hydrogen (secondary N) is 2. The molecule has 1 saturated heterocycles. The maximum atomic E-state index is 12.7. The fourth-order valence-electron chi connectivity index (χ4n) is 4.11. The quantitative estimate of drug-likeness (QED) is 0.380. The van der Waals surface area contributed by atoms with Crippen LogP contribution in [0.25, 0.3) is 11.3 Å². The fourth-order valence-corrected chi connectivity index (χ4v) is 5.49. The zero-order valence-electron chi connectivity index (χ0n) is 19.2. The minimum absolute atomic E-state index is 0.155. The van der Waals surface area contributed by atoms with Crippen molar-refractivity contribution in [2.75, 3.05) is 20.1 Å². The topological polar surface area (TPSA) is 108 Å². The maximum Gasteiger partial charge on any atom is 0.243 e. The van der Waals surface area contributed by atoms with Crippen LogP contribution in [0.3, 0.4) is 0 Å². The van der Waals surface area contributed by atoms with Gasteiger partial charge in [0.1, 0.15) is 16.5 Å². The lowest BCUT2D eigenvalue weighted by atomic mass is 10.0. The molecule has 2 aromatic heterocycles. The summed E-state index contributed by atoms with van der Waals surface area (Å²) in [5.41, 5.74) is 2.73. The number of nitrogens with zero attached hydrogens (tertiary/aromatic N) is 5. The highest BCUT2D eigenvalue weighted by Crippen LogP contribution is 2.30. The molecular formula is C23H28ClN7O2S. The van der Waals surface area contributed by atoms with Crippen LogP contribution in [-0.2, 0) is 16.6 Å².